The van der Waals surface area contributed by atoms with Crippen LogP contribution in [0.5, 0.6) is 0 Å². The maximum absolute atomic E-state index is 13.0. The molecule has 2 amide bonds. The predicted octanol–water partition coefficient (Wildman–Crippen LogP) is 0.944. The summed E-state index contributed by atoms with van der Waals surface area (Å²) >= 11 is 0. The average molecular weight is 420 g/mol. The molecule has 9 heteroatoms. The Bertz CT molecular complexity index is 894. The molecule has 0 spiro atoms. The Morgan fingerprint density at radius 1 is 1.30 bits per heavy atom. The molecule has 0 saturated heterocycles. The molecule has 0 aliphatic heterocycles. The highest BCUT2D eigenvalue weighted by Gasteiger charge is 2.46. The monoisotopic (exact) mass is 420 g/mol. The van der Waals surface area contributed by atoms with Gasteiger partial charge in [0.15, 0.2) is 5.60 Å². The number of carbonyl (C=O) groups is 2. The number of nitrogens with one attached hydrogen (secondary N) is 2. The molecule has 0 aromatic heterocycles. The van der Waals surface area contributed by atoms with Crippen molar-refractivity contribution in [1.29, 1.82) is 0 Å². The lowest BCUT2D eigenvalue weighted by Gasteiger charge is -2.30. The molecule has 7 nitrogen and oxygen atoms in total. The summed E-state index contributed by atoms with van der Waals surface area (Å²) in [4.78, 5) is 23.9. The number of alkyl halides is 2. The number of methoxy groups -OCH3 is 1. The second-order valence-electron chi connectivity index (χ2n) is 7.06. The smallest absolute Gasteiger partial charge is 0.269 e. The van der Waals surface area contributed by atoms with Crippen LogP contribution in [-0.4, -0.2) is 53.9 Å². The Balaban J connectivity index is 2.02. The van der Waals surface area contributed by atoms with Gasteiger partial charge in [0.25, 0.3) is 18.2 Å². The molecule has 0 radical (unpaired) electrons. The summed E-state index contributed by atoms with van der Waals surface area (Å²) in [5.41, 5.74) is -1.11. The van der Waals surface area contributed by atoms with Crippen LogP contribution in [0.3, 0.4) is 0 Å². The molecule has 1 aliphatic rings. The maximum Gasteiger partial charge on any atom is 0.269 e. The van der Waals surface area contributed by atoms with Gasteiger partial charge in [-0.15, -0.1) is 0 Å². The first-order chi connectivity index (χ1) is 14.2. The third-order valence-electron chi connectivity index (χ3n) is 4.65. The van der Waals surface area contributed by atoms with Gasteiger partial charge in [-0.2, -0.15) is 0 Å². The zero-order valence-corrected chi connectivity index (χ0v) is 16.4. The van der Waals surface area contributed by atoms with Gasteiger partial charge in [0, 0.05) is 24.2 Å². The van der Waals surface area contributed by atoms with Gasteiger partial charge in [-0.25, -0.2) is 14.3 Å². The highest BCUT2D eigenvalue weighted by molar-refractivity contribution is 5.97. The van der Waals surface area contributed by atoms with Crippen molar-refractivity contribution in [3.05, 3.63) is 35.4 Å². The summed E-state index contributed by atoms with van der Waals surface area (Å²) < 4.78 is 31.1. The molecule has 0 heterocycles. The molecular formula is C21H22F2N2O5. The number of amides is 2. The van der Waals surface area contributed by atoms with E-state index in [0.29, 0.717) is 30.9 Å². The molecule has 30 heavy (non-hydrogen) atoms. The van der Waals surface area contributed by atoms with Gasteiger partial charge in [0.2, 0.25) is 0 Å². The van der Waals surface area contributed by atoms with Crippen molar-refractivity contribution < 1.29 is 33.4 Å². The minimum absolute atomic E-state index is 0.0489. The maximum atomic E-state index is 13.0. The van der Waals surface area contributed by atoms with Gasteiger partial charge < -0.3 is 15.2 Å². The second kappa shape index (κ2) is 10.2. The van der Waals surface area contributed by atoms with Gasteiger partial charge in [0.1, 0.15) is 6.04 Å². The zero-order valence-electron chi connectivity index (χ0n) is 16.4. The van der Waals surface area contributed by atoms with E-state index < -0.39 is 29.9 Å². The number of ether oxygens (including phenoxy) is 1. The van der Waals surface area contributed by atoms with E-state index in [-0.39, 0.29) is 5.56 Å². The van der Waals surface area contributed by atoms with Crippen LogP contribution in [0.2, 0.25) is 0 Å². The molecule has 2 unspecified atom stereocenters. The Hall–Kier alpha value is -2.98. The Morgan fingerprint density at radius 3 is 2.53 bits per heavy atom. The number of carbonyl (C=O) groups excluding carboxylic acids is 2. The number of halogens is 2. The van der Waals surface area contributed by atoms with Crippen LogP contribution in [0.4, 0.5) is 8.78 Å². The van der Waals surface area contributed by atoms with Crippen LogP contribution >= 0.6 is 0 Å². The van der Waals surface area contributed by atoms with Crippen molar-refractivity contribution in [3.63, 3.8) is 0 Å². The summed E-state index contributed by atoms with van der Waals surface area (Å²) in [6.07, 6.45) is -2.35. The van der Waals surface area contributed by atoms with Crippen LogP contribution in [0.25, 0.3) is 0 Å². The van der Waals surface area contributed by atoms with Crippen molar-refractivity contribution >= 4 is 11.8 Å². The van der Waals surface area contributed by atoms with Gasteiger partial charge in [-0.05, 0) is 55.4 Å². The van der Waals surface area contributed by atoms with E-state index in [2.05, 4.69) is 23.7 Å². The molecule has 0 bridgehead atoms. The topological polar surface area (TPSA) is 108 Å². The molecule has 1 aromatic rings. The fraction of sp³-hybridized carbons (Fsp3) is 0.429. The second-order valence-corrected chi connectivity index (χ2v) is 7.06. The lowest BCUT2D eigenvalue weighted by atomic mass is 9.95. The van der Waals surface area contributed by atoms with E-state index in [1.165, 1.54) is 24.3 Å². The highest BCUT2D eigenvalue weighted by atomic mass is 19.3. The van der Waals surface area contributed by atoms with E-state index in [9.17, 15) is 23.5 Å². The quantitative estimate of drug-likeness (QED) is 0.298. The fourth-order valence-electron chi connectivity index (χ4n) is 2.64. The van der Waals surface area contributed by atoms with Crippen molar-refractivity contribution in [2.45, 2.75) is 31.4 Å². The molecule has 4 N–H and O–H groups in total. The summed E-state index contributed by atoms with van der Waals surface area (Å²) in [5, 5.41) is 20.5. The summed E-state index contributed by atoms with van der Waals surface area (Å²) in [6.45, 7) is 1.36. The molecular weight excluding hydrogens is 398 g/mol. The van der Waals surface area contributed by atoms with E-state index in [4.69, 9.17) is 9.94 Å². The zero-order chi connectivity index (χ0) is 22.3. The van der Waals surface area contributed by atoms with Gasteiger partial charge in [-0.1, -0.05) is 11.8 Å². The Kier molecular flexibility index (Phi) is 7.90. The number of benzene rings is 1. The Morgan fingerprint density at radius 2 is 1.97 bits per heavy atom. The normalized spacial score (nSPS) is 20.0. The van der Waals surface area contributed by atoms with Crippen LogP contribution in [-0.2, 0) is 9.53 Å². The Labute approximate surface area is 172 Å². The minimum Gasteiger partial charge on any atom is -0.384 e. The molecule has 2 rings (SSSR count). The van der Waals surface area contributed by atoms with E-state index in [0.717, 1.165) is 11.9 Å². The first-order valence-electron chi connectivity index (χ1n) is 9.06. The van der Waals surface area contributed by atoms with E-state index in [1.807, 2.05) is 5.32 Å². The standard InChI is InChI=1S/C21H22F2N2O5/c1-21(28,20(22)23)17(19(27)25-29)24-18(26)14-9-7-13(8-10-14)5-3-4-6-15-11-16(15)12-30-2/h7-10,15-17,20,28-29H,11-12H2,1-2H3,(H,24,26)(H,25,27)/t15?,16?,17-,21+/m1/s1. The number of hydrogen-bond acceptors (Lipinski definition) is 5. The SMILES string of the molecule is COCC1CC1C#CC#Cc1ccc(C(=O)N[C@H](C(=O)NO)[C@](C)(O)C(F)F)cc1. The third-order valence-corrected chi connectivity index (χ3v) is 4.65. The van der Waals surface area contributed by atoms with E-state index >= 15 is 0 Å². The van der Waals surface area contributed by atoms with Crippen molar-refractivity contribution in [1.82, 2.24) is 10.8 Å². The summed E-state index contributed by atoms with van der Waals surface area (Å²) in [5.74, 6) is 9.87. The van der Waals surface area contributed by atoms with E-state index in [1.54, 1.807) is 7.11 Å². The van der Waals surface area contributed by atoms with Crippen molar-refractivity contribution in [2.24, 2.45) is 11.8 Å². The number of hydroxylamine groups is 1. The molecule has 4 atom stereocenters. The van der Waals surface area contributed by atoms with Crippen molar-refractivity contribution in [3.8, 4) is 23.7 Å². The minimum atomic E-state index is -3.35. The van der Waals surface area contributed by atoms with Crippen LogP contribution in [0.15, 0.2) is 24.3 Å². The van der Waals surface area contributed by atoms with Gasteiger partial charge in [-0.3, -0.25) is 14.8 Å². The lowest BCUT2D eigenvalue weighted by Crippen LogP contribution is -2.61. The van der Waals surface area contributed by atoms with Crippen molar-refractivity contribution in [2.75, 3.05) is 13.7 Å². The largest absolute Gasteiger partial charge is 0.384 e. The third kappa shape index (κ3) is 6.01. The lowest BCUT2D eigenvalue weighted by molar-refractivity contribution is -0.149. The summed E-state index contributed by atoms with van der Waals surface area (Å²) in [7, 11) is 1.65. The molecule has 1 aliphatic carbocycles. The fourth-order valence-corrected chi connectivity index (χ4v) is 2.64. The average Bonchev–Trinajstić information content (AvgIpc) is 3.47. The number of aliphatic hydroxyl groups is 1. The molecule has 160 valence electrons. The van der Waals surface area contributed by atoms with Crippen LogP contribution < -0.4 is 10.8 Å². The van der Waals surface area contributed by atoms with Gasteiger partial charge >= 0.3 is 0 Å². The first-order valence-corrected chi connectivity index (χ1v) is 9.06. The number of hydrogen-bond donors (Lipinski definition) is 4. The molecule has 1 fully saturated rings. The van der Waals surface area contributed by atoms with Gasteiger partial charge in [0.05, 0.1) is 6.61 Å². The van der Waals surface area contributed by atoms with Crippen LogP contribution in [0.1, 0.15) is 29.3 Å². The molecule has 1 aromatic carbocycles. The summed E-state index contributed by atoms with van der Waals surface area (Å²) in [6, 6.07) is 3.75. The number of rotatable bonds is 7. The highest BCUT2D eigenvalue weighted by Crippen LogP contribution is 2.37. The molecule has 1 saturated carbocycles. The predicted molar refractivity (Wildman–Crippen MR) is 102 cm³/mol. The first kappa shape index (κ1) is 23.3. The van der Waals surface area contributed by atoms with Crippen LogP contribution in [0, 0.1) is 35.5 Å².